The smallest absolute Gasteiger partial charge is 0.326 e. The zero-order valence-electron chi connectivity index (χ0n) is 20.6. The van der Waals surface area contributed by atoms with Crippen molar-refractivity contribution in [3.8, 4) is 0 Å². The monoisotopic (exact) mass is 536 g/mol. The molecule has 1 heterocycles. The van der Waals surface area contributed by atoms with Gasteiger partial charge in [-0.2, -0.15) is 12.6 Å². The van der Waals surface area contributed by atoms with Gasteiger partial charge in [0.15, 0.2) is 0 Å². The van der Waals surface area contributed by atoms with Gasteiger partial charge in [0, 0.05) is 29.3 Å². The minimum atomic E-state index is -1.27. The second-order valence-electron chi connectivity index (χ2n) is 8.82. The number of fused-ring (bicyclic) bond motifs is 1. The molecule has 5 unspecified atom stereocenters. The molecule has 2 aromatic rings. The number of H-pyrrole nitrogens is 1. The molecule has 13 heteroatoms. The first-order valence-corrected chi connectivity index (χ1v) is 12.7. The van der Waals surface area contributed by atoms with Gasteiger partial charge in [0.2, 0.25) is 17.7 Å². The van der Waals surface area contributed by atoms with Crippen molar-refractivity contribution in [2.75, 3.05) is 12.3 Å². The first-order valence-electron chi connectivity index (χ1n) is 12.0. The maximum atomic E-state index is 13.3. The third kappa shape index (κ3) is 8.74. The number of carbonyl (C=O) groups is 4. The van der Waals surface area contributed by atoms with Gasteiger partial charge in [-0.15, -0.1) is 0 Å². The molecule has 0 aliphatic rings. The quantitative estimate of drug-likeness (QED) is 0.102. The Bertz CT molecular complexity index is 1080. The Morgan fingerprint density at radius 1 is 1.00 bits per heavy atom. The highest BCUT2D eigenvalue weighted by Crippen LogP contribution is 2.19. The summed E-state index contributed by atoms with van der Waals surface area (Å²) >= 11 is 4.14. The predicted molar refractivity (Wildman–Crippen MR) is 142 cm³/mol. The number of unbranched alkanes of at least 4 members (excludes halogenated alkanes) is 1. The van der Waals surface area contributed by atoms with Gasteiger partial charge in [0.1, 0.15) is 24.2 Å². The van der Waals surface area contributed by atoms with Crippen molar-refractivity contribution in [2.24, 2.45) is 11.5 Å². The summed E-state index contributed by atoms with van der Waals surface area (Å²) in [5.74, 6) is -3.48. The molecule has 0 bridgehead atoms. The third-order valence-electron chi connectivity index (χ3n) is 5.93. The number of hydrogen-bond donors (Lipinski definition) is 9. The van der Waals surface area contributed by atoms with Gasteiger partial charge in [-0.3, -0.25) is 14.4 Å². The van der Waals surface area contributed by atoms with Gasteiger partial charge >= 0.3 is 5.97 Å². The minimum Gasteiger partial charge on any atom is -0.480 e. The second-order valence-corrected chi connectivity index (χ2v) is 9.18. The van der Waals surface area contributed by atoms with Crippen molar-refractivity contribution < 1.29 is 29.4 Å². The van der Waals surface area contributed by atoms with Crippen molar-refractivity contribution in [1.82, 2.24) is 20.9 Å². The van der Waals surface area contributed by atoms with Crippen LogP contribution in [-0.4, -0.2) is 81.5 Å². The molecule has 10 N–H and O–H groups in total. The number of thiol groups is 1. The number of benzene rings is 1. The zero-order valence-corrected chi connectivity index (χ0v) is 21.5. The average Bonchev–Trinajstić information content (AvgIpc) is 3.28. The molecule has 0 saturated heterocycles. The number of carbonyl (C=O) groups excluding carboxylic acids is 3. The van der Waals surface area contributed by atoms with Gasteiger partial charge in [-0.25, -0.2) is 4.79 Å². The lowest BCUT2D eigenvalue weighted by molar-refractivity contribution is -0.142. The number of carboxylic acid groups (broad SMARTS) is 1. The first-order chi connectivity index (χ1) is 17.6. The van der Waals surface area contributed by atoms with Crippen molar-refractivity contribution in [1.29, 1.82) is 0 Å². The van der Waals surface area contributed by atoms with Crippen LogP contribution in [0.3, 0.4) is 0 Å². The van der Waals surface area contributed by atoms with E-state index in [-0.39, 0.29) is 18.6 Å². The van der Waals surface area contributed by atoms with E-state index < -0.39 is 54.0 Å². The molecule has 37 heavy (non-hydrogen) atoms. The average molecular weight is 537 g/mol. The van der Waals surface area contributed by atoms with Crippen LogP contribution in [-0.2, 0) is 25.6 Å². The fourth-order valence-corrected chi connectivity index (χ4v) is 3.96. The number of carboxylic acids is 1. The molecule has 1 aromatic carbocycles. The summed E-state index contributed by atoms with van der Waals surface area (Å²) in [4.78, 5) is 53.3. The maximum absolute atomic E-state index is 13.3. The fraction of sp³-hybridized carbons (Fsp3) is 0.500. The minimum absolute atomic E-state index is 0.0614. The molecule has 5 atom stereocenters. The van der Waals surface area contributed by atoms with Crippen molar-refractivity contribution in [3.05, 3.63) is 36.0 Å². The standard InChI is InChI=1S/C24H36N6O6S/c1-13(31)20(26)23(34)29-18(10-14-11-27-16-7-3-2-6-15(14)16)21(32)30-19(12-37)22(33)28-17(24(35)36)8-4-5-9-25/h2-3,6-7,11,13,17-20,27,31,37H,4-5,8-10,12,25-26H2,1H3,(H,28,33)(H,29,34)(H,30,32)(H,35,36). The zero-order chi connectivity index (χ0) is 27.5. The van der Waals surface area contributed by atoms with Crippen LogP contribution in [0.15, 0.2) is 30.5 Å². The molecule has 0 saturated carbocycles. The summed E-state index contributed by atoms with van der Waals surface area (Å²) in [7, 11) is 0. The molecular weight excluding hydrogens is 500 g/mol. The van der Waals surface area contributed by atoms with Crippen LogP contribution < -0.4 is 27.4 Å². The van der Waals surface area contributed by atoms with Crippen LogP contribution in [0.25, 0.3) is 10.9 Å². The fourth-order valence-electron chi connectivity index (χ4n) is 3.71. The van der Waals surface area contributed by atoms with Gasteiger partial charge in [-0.05, 0) is 44.4 Å². The van der Waals surface area contributed by atoms with E-state index in [9.17, 15) is 29.4 Å². The van der Waals surface area contributed by atoms with Gasteiger partial charge in [0.05, 0.1) is 6.10 Å². The lowest BCUT2D eigenvalue weighted by atomic mass is 10.0. The number of aromatic nitrogens is 1. The van der Waals surface area contributed by atoms with Gasteiger partial charge < -0.3 is 42.6 Å². The van der Waals surface area contributed by atoms with E-state index in [2.05, 4.69) is 33.6 Å². The number of aliphatic hydroxyl groups is 1. The van der Waals surface area contributed by atoms with Crippen LogP contribution >= 0.6 is 12.6 Å². The number of hydrogen-bond acceptors (Lipinski definition) is 8. The summed E-state index contributed by atoms with van der Waals surface area (Å²) in [6, 6.07) is 2.68. The molecule has 3 amide bonds. The SMILES string of the molecule is CC(O)C(N)C(=O)NC(Cc1c[nH]c2ccccc12)C(=O)NC(CS)C(=O)NC(CCCCN)C(=O)O. The largest absolute Gasteiger partial charge is 0.480 e. The topological polar surface area (TPSA) is 213 Å². The predicted octanol–water partition coefficient (Wildman–Crippen LogP) is -0.984. The summed E-state index contributed by atoms with van der Waals surface area (Å²) in [5, 5.41) is 27.5. The number of nitrogens with two attached hydrogens (primary N) is 2. The molecule has 2 rings (SSSR count). The molecule has 12 nitrogen and oxygen atoms in total. The van der Waals surface area contributed by atoms with Crippen molar-refractivity contribution in [2.45, 2.75) is 62.9 Å². The highest BCUT2D eigenvalue weighted by molar-refractivity contribution is 7.80. The molecule has 0 spiro atoms. The Hall–Kier alpha value is -3.13. The Labute approximate surface area is 220 Å². The summed E-state index contributed by atoms with van der Waals surface area (Å²) in [5.41, 5.74) is 12.8. The van der Waals surface area contributed by atoms with E-state index in [0.29, 0.717) is 19.4 Å². The Morgan fingerprint density at radius 2 is 1.62 bits per heavy atom. The molecule has 1 aromatic heterocycles. The normalized spacial score (nSPS) is 15.3. The van der Waals surface area contributed by atoms with Gasteiger partial charge in [-0.1, -0.05) is 18.2 Å². The van der Waals surface area contributed by atoms with Crippen molar-refractivity contribution in [3.63, 3.8) is 0 Å². The lowest BCUT2D eigenvalue weighted by Gasteiger charge is -2.25. The second kappa shape index (κ2) is 14.6. The first kappa shape index (κ1) is 30.1. The van der Waals surface area contributed by atoms with Crippen LogP contribution in [0.5, 0.6) is 0 Å². The number of rotatable bonds is 15. The van der Waals surface area contributed by atoms with E-state index in [1.165, 1.54) is 6.92 Å². The molecular formula is C24H36N6O6S. The lowest BCUT2D eigenvalue weighted by Crippen LogP contribution is -2.59. The molecule has 204 valence electrons. The van der Waals surface area contributed by atoms with Crippen LogP contribution in [0.1, 0.15) is 31.7 Å². The molecule has 0 aliphatic carbocycles. The van der Waals surface area contributed by atoms with E-state index >= 15 is 0 Å². The number of amides is 3. The summed E-state index contributed by atoms with van der Waals surface area (Å²) in [6.07, 6.45) is 1.92. The summed E-state index contributed by atoms with van der Waals surface area (Å²) < 4.78 is 0. The van der Waals surface area contributed by atoms with Gasteiger partial charge in [0.25, 0.3) is 0 Å². The number of aliphatic hydroxyl groups excluding tert-OH is 1. The van der Waals surface area contributed by atoms with E-state index in [0.717, 1.165) is 16.5 Å². The summed E-state index contributed by atoms with van der Waals surface area (Å²) in [6.45, 7) is 1.75. The Balaban J connectivity index is 2.19. The molecule has 0 radical (unpaired) electrons. The van der Waals surface area contributed by atoms with E-state index in [4.69, 9.17) is 11.5 Å². The molecule has 0 fully saturated rings. The Morgan fingerprint density at radius 3 is 2.24 bits per heavy atom. The number of aliphatic carboxylic acids is 1. The highest BCUT2D eigenvalue weighted by Gasteiger charge is 2.31. The van der Waals surface area contributed by atoms with Crippen molar-refractivity contribution >= 4 is 47.2 Å². The Kier molecular flexibility index (Phi) is 11.9. The third-order valence-corrected chi connectivity index (χ3v) is 6.30. The van der Waals surface area contributed by atoms with Crippen LogP contribution in [0, 0.1) is 0 Å². The van der Waals surface area contributed by atoms with Crippen LogP contribution in [0.4, 0.5) is 0 Å². The maximum Gasteiger partial charge on any atom is 0.326 e. The number of aromatic amines is 1. The van der Waals surface area contributed by atoms with E-state index in [1.54, 1.807) is 6.20 Å². The highest BCUT2D eigenvalue weighted by atomic mass is 32.1. The molecule has 0 aliphatic heterocycles. The number of nitrogens with one attached hydrogen (secondary N) is 4. The van der Waals surface area contributed by atoms with Crippen LogP contribution in [0.2, 0.25) is 0 Å². The number of para-hydroxylation sites is 1. The van der Waals surface area contributed by atoms with E-state index in [1.807, 2.05) is 24.3 Å².